The number of aromatic amines is 1. The minimum Gasteiger partial charge on any atom is -0.480 e. The fraction of sp³-hybridized carbons (Fsp3) is 0.345. The van der Waals surface area contributed by atoms with Gasteiger partial charge in [-0.05, 0) is 30.0 Å². The zero-order chi connectivity index (χ0) is 31.4. The van der Waals surface area contributed by atoms with Gasteiger partial charge in [0.15, 0.2) is 5.96 Å². The quantitative estimate of drug-likeness (QED) is 0.0455. The molecule has 0 fully saturated rings. The maximum atomic E-state index is 13.7. The van der Waals surface area contributed by atoms with Crippen molar-refractivity contribution in [3.63, 3.8) is 0 Å². The van der Waals surface area contributed by atoms with Crippen LogP contribution in [0.1, 0.15) is 24.0 Å². The Bertz CT molecular complexity index is 1430. The van der Waals surface area contributed by atoms with Gasteiger partial charge in [0.25, 0.3) is 0 Å². The molecule has 1 heterocycles. The van der Waals surface area contributed by atoms with Crippen molar-refractivity contribution < 1.29 is 24.3 Å². The van der Waals surface area contributed by atoms with E-state index in [4.69, 9.17) is 17.2 Å². The molecular formula is C29H38N8O5S. The summed E-state index contributed by atoms with van der Waals surface area (Å²) in [5.74, 6) is -3.21. The fourth-order valence-corrected chi connectivity index (χ4v) is 4.62. The van der Waals surface area contributed by atoms with Crippen molar-refractivity contribution in [2.45, 2.75) is 49.9 Å². The standard InChI is InChI=1S/C29H38N8O5S/c30-20(16-43)25(38)36-23(13-17-7-2-1-3-8-17)26(39)37-24(14-18-15-34-21-10-5-4-9-19(18)21)27(40)35-22(28(41)42)11-6-12-33-29(31)32/h1-5,7-10,15,20,22-24,34,43H,6,11-14,16,30H2,(H,35,40)(H,36,38)(H,37,39)(H,41,42)(H4,31,32,33). The van der Waals surface area contributed by atoms with Gasteiger partial charge in [-0.25, -0.2) is 4.79 Å². The van der Waals surface area contributed by atoms with Crippen molar-refractivity contribution in [3.8, 4) is 0 Å². The Kier molecular flexibility index (Phi) is 12.4. The molecule has 3 aromatic rings. The van der Waals surface area contributed by atoms with Gasteiger partial charge in [-0.2, -0.15) is 12.6 Å². The number of hydrogen-bond acceptors (Lipinski definition) is 7. The van der Waals surface area contributed by atoms with Gasteiger partial charge < -0.3 is 43.2 Å². The van der Waals surface area contributed by atoms with E-state index in [0.29, 0.717) is 6.42 Å². The summed E-state index contributed by atoms with van der Waals surface area (Å²) in [5, 5.41) is 18.5. The lowest BCUT2D eigenvalue weighted by molar-refractivity contribution is -0.142. The van der Waals surface area contributed by atoms with E-state index >= 15 is 0 Å². The lowest BCUT2D eigenvalue weighted by Crippen LogP contribution is -2.58. The van der Waals surface area contributed by atoms with Gasteiger partial charge in [-0.15, -0.1) is 0 Å². The van der Waals surface area contributed by atoms with Crippen LogP contribution in [-0.4, -0.2) is 76.2 Å². The van der Waals surface area contributed by atoms with Crippen LogP contribution in [0, 0.1) is 0 Å². The number of aliphatic imine (C=N–C) groups is 1. The Morgan fingerprint density at radius 2 is 1.47 bits per heavy atom. The lowest BCUT2D eigenvalue weighted by Gasteiger charge is -2.25. The molecule has 0 saturated heterocycles. The summed E-state index contributed by atoms with van der Waals surface area (Å²) in [5.41, 5.74) is 18.8. The number of carboxylic acids is 1. The number of rotatable bonds is 16. The molecule has 4 atom stereocenters. The first kappa shape index (κ1) is 32.9. The molecule has 13 nitrogen and oxygen atoms in total. The zero-order valence-electron chi connectivity index (χ0n) is 23.5. The summed E-state index contributed by atoms with van der Waals surface area (Å²) in [7, 11) is 0. The topological polar surface area (TPSA) is 231 Å². The maximum Gasteiger partial charge on any atom is 0.326 e. The van der Waals surface area contributed by atoms with E-state index in [1.165, 1.54) is 0 Å². The molecule has 3 rings (SSSR count). The number of aromatic nitrogens is 1. The molecule has 3 amide bonds. The number of H-pyrrole nitrogens is 1. The van der Waals surface area contributed by atoms with Crippen LogP contribution in [-0.2, 0) is 32.0 Å². The first-order chi connectivity index (χ1) is 20.6. The number of nitrogens with one attached hydrogen (secondary N) is 4. The van der Waals surface area contributed by atoms with Gasteiger partial charge in [-0.1, -0.05) is 48.5 Å². The number of fused-ring (bicyclic) bond motifs is 1. The van der Waals surface area contributed by atoms with E-state index in [1.807, 2.05) is 30.3 Å². The highest BCUT2D eigenvalue weighted by atomic mass is 32.1. The van der Waals surface area contributed by atoms with Crippen molar-refractivity contribution in [2.75, 3.05) is 12.3 Å². The smallest absolute Gasteiger partial charge is 0.326 e. The third-order valence-corrected chi connectivity index (χ3v) is 7.13. The molecule has 0 radical (unpaired) electrons. The fourth-order valence-electron chi connectivity index (χ4n) is 4.46. The Hall–Kier alpha value is -4.56. The Morgan fingerprint density at radius 1 is 0.860 bits per heavy atom. The summed E-state index contributed by atoms with van der Waals surface area (Å²) in [4.78, 5) is 58.8. The van der Waals surface area contributed by atoms with Crippen molar-refractivity contribution in [1.29, 1.82) is 0 Å². The van der Waals surface area contributed by atoms with Crippen LogP contribution < -0.4 is 33.2 Å². The third kappa shape index (κ3) is 10.0. The van der Waals surface area contributed by atoms with Gasteiger partial charge in [0.05, 0.1) is 6.04 Å². The molecule has 0 bridgehead atoms. The number of thiol groups is 1. The number of carbonyl (C=O) groups is 4. The van der Waals surface area contributed by atoms with Crippen LogP contribution in [0.2, 0.25) is 0 Å². The number of guanidine groups is 1. The highest BCUT2D eigenvalue weighted by Crippen LogP contribution is 2.19. The summed E-state index contributed by atoms with van der Waals surface area (Å²) in [6.07, 6.45) is 2.26. The van der Waals surface area contributed by atoms with Gasteiger partial charge in [0.1, 0.15) is 18.1 Å². The highest BCUT2D eigenvalue weighted by Gasteiger charge is 2.31. The minimum atomic E-state index is -1.25. The number of hydrogen-bond donors (Lipinski definition) is 9. The molecule has 1 aromatic heterocycles. The van der Waals surface area contributed by atoms with E-state index in [1.54, 1.807) is 30.5 Å². The molecule has 0 aliphatic carbocycles. The molecule has 11 N–H and O–H groups in total. The van der Waals surface area contributed by atoms with Crippen LogP contribution in [0.3, 0.4) is 0 Å². The molecule has 0 spiro atoms. The van der Waals surface area contributed by atoms with Gasteiger partial charge >= 0.3 is 5.97 Å². The van der Waals surface area contributed by atoms with Crippen molar-refractivity contribution in [2.24, 2.45) is 22.2 Å². The molecule has 230 valence electrons. The number of nitrogens with two attached hydrogens (primary N) is 3. The van der Waals surface area contributed by atoms with Crippen LogP contribution >= 0.6 is 12.6 Å². The van der Waals surface area contributed by atoms with Crippen molar-refractivity contribution >= 4 is 53.2 Å². The van der Waals surface area contributed by atoms with E-state index < -0.39 is 47.9 Å². The normalized spacial score (nSPS) is 13.7. The lowest BCUT2D eigenvalue weighted by atomic mass is 10.0. The van der Waals surface area contributed by atoms with Gasteiger partial charge in [0, 0.05) is 42.2 Å². The Labute approximate surface area is 254 Å². The maximum absolute atomic E-state index is 13.7. The zero-order valence-corrected chi connectivity index (χ0v) is 24.4. The largest absolute Gasteiger partial charge is 0.480 e. The van der Waals surface area contributed by atoms with E-state index in [2.05, 4.69) is 38.6 Å². The average molecular weight is 611 g/mol. The van der Waals surface area contributed by atoms with Gasteiger partial charge in [-0.3, -0.25) is 19.4 Å². The summed E-state index contributed by atoms with van der Waals surface area (Å²) in [6, 6.07) is 12.0. The number of nitrogens with zero attached hydrogens (tertiary/aromatic N) is 1. The predicted molar refractivity (Wildman–Crippen MR) is 167 cm³/mol. The first-order valence-electron chi connectivity index (χ1n) is 13.7. The van der Waals surface area contributed by atoms with Crippen molar-refractivity contribution in [3.05, 3.63) is 71.9 Å². The van der Waals surface area contributed by atoms with Crippen LogP contribution in [0.4, 0.5) is 0 Å². The molecule has 0 saturated carbocycles. The van der Waals surface area contributed by atoms with Crippen molar-refractivity contribution in [1.82, 2.24) is 20.9 Å². The van der Waals surface area contributed by atoms with Crippen LogP contribution in [0.15, 0.2) is 65.8 Å². The SMILES string of the molecule is NC(N)=NCCCC(NC(=O)C(Cc1c[nH]c2ccccc12)NC(=O)C(Cc1ccccc1)NC(=O)C(N)CS)C(=O)O. The molecule has 4 unspecified atom stereocenters. The second kappa shape index (κ2) is 16.2. The van der Waals surface area contributed by atoms with Crippen LogP contribution in [0.5, 0.6) is 0 Å². The molecular weight excluding hydrogens is 572 g/mol. The summed E-state index contributed by atoms with van der Waals surface area (Å²) >= 11 is 4.07. The first-order valence-corrected chi connectivity index (χ1v) is 14.4. The number of benzene rings is 2. The number of aliphatic carboxylic acids is 1. The molecule has 0 aliphatic heterocycles. The highest BCUT2D eigenvalue weighted by molar-refractivity contribution is 7.80. The monoisotopic (exact) mass is 610 g/mol. The summed E-state index contributed by atoms with van der Waals surface area (Å²) in [6.45, 7) is 0.187. The van der Waals surface area contributed by atoms with E-state index in [-0.39, 0.29) is 37.5 Å². The molecule has 0 aliphatic rings. The van der Waals surface area contributed by atoms with Gasteiger partial charge in [0.2, 0.25) is 17.7 Å². The second-order valence-electron chi connectivity index (χ2n) is 10.0. The number of carbonyl (C=O) groups excluding carboxylic acids is 3. The van der Waals surface area contributed by atoms with E-state index in [9.17, 15) is 24.3 Å². The van der Waals surface area contributed by atoms with E-state index in [0.717, 1.165) is 22.0 Å². The molecule has 43 heavy (non-hydrogen) atoms. The average Bonchev–Trinajstić information content (AvgIpc) is 3.40. The third-order valence-electron chi connectivity index (χ3n) is 6.74. The second-order valence-corrected chi connectivity index (χ2v) is 10.4. The number of amides is 3. The predicted octanol–water partition coefficient (Wildman–Crippen LogP) is -0.197. The van der Waals surface area contributed by atoms with Crippen LogP contribution in [0.25, 0.3) is 10.9 Å². The number of carboxylic acid groups (broad SMARTS) is 1. The number of para-hydroxylation sites is 1. The molecule has 2 aromatic carbocycles. The summed E-state index contributed by atoms with van der Waals surface area (Å²) < 4.78 is 0. The Morgan fingerprint density at radius 3 is 2.12 bits per heavy atom. The molecule has 14 heteroatoms. The Balaban J connectivity index is 1.86. The minimum absolute atomic E-state index is 0.0457.